The topological polar surface area (TPSA) is 80.4 Å². The third kappa shape index (κ3) is 3.28. The molecule has 128 valence electrons. The Bertz CT molecular complexity index is 822. The SMILES string of the molecule is CN(C)CCCNC(=O)c1cn(C2CC2)c2cccc(N)c2c1=O. The Balaban J connectivity index is 1.93. The van der Waals surface area contributed by atoms with Gasteiger partial charge in [0.05, 0.1) is 10.9 Å². The largest absolute Gasteiger partial charge is 0.398 e. The lowest BCUT2D eigenvalue weighted by atomic mass is 10.1. The third-order valence-corrected chi connectivity index (χ3v) is 4.35. The number of nitrogens with two attached hydrogens (primary N) is 1. The maximum atomic E-state index is 12.8. The zero-order valence-electron chi connectivity index (χ0n) is 14.2. The lowest BCUT2D eigenvalue weighted by Crippen LogP contribution is -2.32. The summed E-state index contributed by atoms with van der Waals surface area (Å²) in [6.45, 7) is 1.43. The molecule has 0 radical (unpaired) electrons. The number of pyridine rings is 1. The van der Waals surface area contributed by atoms with E-state index in [1.165, 1.54) is 0 Å². The first kappa shape index (κ1) is 16.5. The second-order valence-corrected chi connectivity index (χ2v) is 6.66. The van der Waals surface area contributed by atoms with Crippen molar-refractivity contribution in [2.24, 2.45) is 0 Å². The Kier molecular flexibility index (Phi) is 4.57. The number of amides is 1. The van der Waals surface area contributed by atoms with E-state index in [1.807, 2.05) is 30.8 Å². The van der Waals surface area contributed by atoms with Gasteiger partial charge in [-0.15, -0.1) is 0 Å². The molecule has 1 aromatic heterocycles. The number of fused-ring (bicyclic) bond motifs is 1. The second-order valence-electron chi connectivity index (χ2n) is 6.66. The lowest BCUT2D eigenvalue weighted by molar-refractivity contribution is 0.0950. The van der Waals surface area contributed by atoms with Crippen LogP contribution in [0.25, 0.3) is 10.9 Å². The van der Waals surface area contributed by atoms with Gasteiger partial charge in [-0.25, -0.2) is 0 Å². The molecule has 1 aliphatic carbocycles. The van der Waals surface area contributed by atoms with Gasteiger partial charge in [0.15, 0.2) is 0 Å². The fraction of sp³-hybridized carbons (Fsp3) is 0.444. The molecule has 0 unspecified atom stereocenters. The van der Waals surface area contributed by atoms with Crippen LogP contribution in [0.5, 0.6) is 0 Å². The average molecular weight is 328 g/mol. The Labute approximate surface area is 141 Å². The van der Waals surface area contributed by atoms with Gasteiger partial charge in [-0.05, 0) is 52.0 Å². The molecule has 1 aromatic carbocycles. The van der Waals surface area contributed by atoms with Crippen LogP contribution in [-0.4, -0.2) is 42.6 Å². The summed E-state index contributed by atoms with van der Waals surface area (Å²) >= 11 is 0. The molecule has 3 N–H and O–H groups in total. The monoisotopic (exact) mass is 328 g/mol. The first-order chi connectivity index (χ1) is 11.5. The number of benzene rings is 1. The predicted molar refractivity (Wildman–Crippen MR) is 96.4 cm³/mol. The van der Waals surface area contributed by atoms with E-state index in [-0.39, 0.29) is 16.9 Å². The van der Waals surface area contributed by atoms with Crippen LogP contribution in [0, 0.1) is 0 Å². The first-order valence-electron chi connectivity index (χ1n) is 8.35. The van der Waals surface area contributed by atoms with Crippen molar-refractivity contribution in [3.63, 3.8) is 0 Å². The molecule has 0 spiro atoms. The van der Waals surface area contributed by atoms with Crippen molar-refractivity contribution in [3.8, 4) is 0 Å². The van der Waals surface area contributed by atoms with Gasteiger partial charge in [0.1, 0.15) is 5.56 Å². The number of nitrogens with one attached hydrogen (secondary N) is 1. The highest BCUT2D eigenvalue weighted by molar-refractivity contribution is 6.00. The summed E-state index contributed by atoms with van der Waals surface area (Å²) in [5.74, 6) is -0.321. The Morgan fingerprint density at radius 1 is 1.38 bits per heavy atom. The van der Waals surface area contributed by atoms with Crippen LogP contribution in [0.15, 0.2) is 29.2 Å². The number of carbonyl (C=O) groups excluding carboxylic acids is 1. The highest BCUT2D eigenvalue weighted by atomic mass is 16.2. The van der Waals surface area contributed by atoms with Crippen molar-refractivity contribution < 1.29 is 4.79 Å². The first-order valence-corrected chi connectivity index (χ1v) is 8.35. The summed E-state index contributed by atoms with van der Waals surface area (Å²) in [7, 11) is 3.98. The van der Waals surface area contributed by atoms with E-state index in [0.29, 0.717) is 23.7 Å². The number of carbonyl (C=O) groups is 1. The average Bonchev–Trinajstić information content (AvgIpc) is 3.36. The molecule has 6 nitrogen and oxygen atoms in total. The standard InChI is InChI=1S/C18H24N4O2/c1-21(2)10-4-9-20-18(24)13-11-22(12-7-8-12)15-6-3-5-14(19)16(15)17(13)23/h3,5-6,11-12H,4,7-10,19H2,1-2H3,(H,20,24). The predicted octanol–water partition coefficient (Wildman–Crippen LogP) is 1.60. The molecule has 24 heavy (non-hydrogen) atoms. The molecule has 0 aliphatic heterocycles. The number of aromatic nitrogens is 1. The summed E-state index contributed by atoms with van der Waals surface area (Å²) in [6, 6.07) is 5.80. The smallest absolute Gasteiger partial charge is 0.256 e. The maximum Gasteiger partial charge on any atom is 0.256 e. The van der Waals surface area contributed by atoms with Crippen molar-refractivity contribution in [1.29, 1.82) is 0 Å². The van der Waals surface area contributed by atoms with Gasteiger partial charge >= 0.3 is 0 Å². The fourth-order valence-corrected chi connectivity index (χ4v) is 2.93. The van der Waals surface area contributed by atoms with E-state index >= 15 is 0 Å². The molecule has 3 rings (SSSR count). The zero-order chi connectivity index (χ0) is 17.3. The van der Waals surface area contributed by atoms with Gasteiger partial charge in [-0.1, -0.05) is 6.07 Å². The summed E-state index contributed by atoms with van der Waals surface area (Å²) in [6.07, 6.45) is 4.67. The van der Waals surface area contributed by atoms with E-state index in [0.717, 1.165) is 31.3 Å². The van der Waals surface area contributed by atoms with Gasteiger partial charge in [-0.2, -0.15) is 0 Å². The number of nitrogens with zero attached hydrogens (tertiary/aromatic N) is 2. The van der Waals surface area contributed by atoms with Crippen LogP contribution in [0.4, 0.5) is 5.69 Å². The Hall–Kier alpha value is -2.34. The number of hydrogen-bond acceptors (Lipinski definition) is 4. The highest BCUT2D eigenvalue weighted by Gasteiger charge is 2.27. The molecule has 2 aromatic rings. The molecule has 1 heterocycles. The number of rotatable bonds is 6. The third-order valence-electron chi connectivity index (χ3n) is 4.35. The zero-order valence-corrected chi connectivity index (χ0v) is 14.2. The van der Waals surface area contributed by atoms with Crippen LogP contribution < -0.4 is 16.5 Å². The molecule has 6 heteroatoms. The van der Waals surface area contributed by atoms with Crippen molar-refractivity contribution in [2.75, 3.05) is 32.9 Å². The van der Waals surface area contributed by atoms with Crippen molar-refractivity contribution in [2.45, 2.75) is 25.3 Å². The van der Waals surface area contributed by atoms with Crippen LogP contribution in [-0.2, 0) is 0 Å². The second kappa shape index (κ2) is 6.65. The van der Waals surface area contributed by atoms with Crippen molar-refractivity contribution in [1.82, 2.24) is 14.8 Å². The van der Waals surface area contributed by atoms with Crippen LogP contribution in [0.2, 0.25) is 0 Å². The molecule has 1 fully saturated rings. The summed E-state index contributed by atoms with van der Waals surface area (Å²) < 4.78 is 2.03. The van der Waals surface area contributed by atoms with E-state index in [4.69, 9.17) is 5.73 Å². The van der Waals surface area contributed by atoms with E-state index in [9.17, 15) is 9.59 Å². The van der Waals surface area contributed by atoms with Crippen LogP contribution in [0.3, 0.4) is 0 Å². The van der Waals surface area contributed by atoms with Crippen LogP contribution in [0.1, 0.15) is 35.7 Å². The summed E-state index contributed by atoms with van der Waals surface area (Å²) in [5, 5.41) is 3.30. The van der Waals surface area contributed by atoms with E-state index < -0.39 is 0 Å². The number of anilines is 1. The van der Waals surface area contributed by atoms with Gasteiger partial charge in [0.25, 0.3) is 5.91 Å². The number of hydrogen-bond donors (Lipinski definition) is 2. The normalized spacial score (nSPS) is 14.3. The minimum atomic E-state index is -0.321. The lowest BCUT2D eigenvalue weighted by Gasteiger charge is -2.14. The van der Waals surface area contributed by atoms with E-state index in [1.54, 1.807) is 12.3 Å². The summed E-state index contributed by atoms with van der Waals surface area (Å²) in [4.78, 5) is 27.3. The molecule has 0 atom stereocenters. The molecule has 1 saturated carbocycles. The van der Waals surface area contributed by atoms with E-state index in [2.05, 4.69) is 10.2 Å². The van der Waals surface area contributed by atoms with Gasteiger partial charge in [0, 0.05) is 24.5 Å². The Morgan fingerprint density at radius 3 is 2.79 bits per heavy atom. The number of nitrogen functional groups attached to an aromatic ring is 1. The van der Waals surface area contributed by atoms with Crippen LogP contribution >= 0.6 is 0 Å². The van der Waals surface area contributed by atoms with Gasteiger partial charge in [0.2, 0.25) is 5.43 Å². The minimum absolute atomic E-state index is 0.178. The molecule has 0 bridgehead atoms. The Morgan fingerprint density at radius 2 is 2.12 bits per heavy atom. The quantitative estimate of drug-likeness (QED) is 0.623. The molecule has 1 aliphatic rings. The molecular formula is C18H24N4O2. The van der Waals surface area contributed by atoms with Crippen molar-refractivity contribution in [3.05, 3.63) is 40.2 Å². The molecule has 0 saturated heterocycles. The summed E-state index contributed by atoms with van der Waals surface area (Å²) in [5.41, 5.74) is 7.15. The molecule has 1 amide bonds. The van der Waals surface area contributed by atoms with Crippen molar-refractivity contribution >= 4 is 22.5 Å². The highest BCUT2D eigenvalue weighted by Crippen LogP contribution is 2.37. The minimum Gasteiger partial charge on any atom is -0.398 e. The van der Waals surface area contributed by atoms with Gasteiger partial charge < -0.3 is 20.5 Å². The molecular weight excluding hydrogens is 304 g/mol. The maximum absolute atomic E-state index is 12.8. The van der Waals surface area contributed by atoms with Gasteiger partial charge in [-0.3, -0.25) is 9.59 Å². The fourth-order valence-electron chi connectivity index (χ4n) is 2.93.